The summed E-state index contributed by atoms with van der Waals surface area (Å²) in [5.41, 5.74) is 3.86. The zero-order chi connectivity index (χ0) is 24.2. The van der Waals surface area contributed by atoms with E-state index in [1.165, 1.54) is 73.7 Å². The van der Waals surface area contributed by atoms with Gasteiger partial charge in [-0.05, 0) is 41.5 Å². The predicted molar refractivity (Wildman–Crippen MR) is 147 cm³/mol. The van der Waals surface area contributed by atoms with E-state index in [0.29, 0.717) is 11.8 Å². The van der Waals surface area contributed by atoms with Gasteiger partial charge >= 0.3 is 0 Å². The molecular weight excluding hydrogens is 388 g/mol. The zero-order valence-electron chi connectivity index (χ0n) is 22.4. The van der Waals surface area contributed by atoms with Crippen molar-refractivity contribution in [3.63, 3.8) is 0 Å². The Labute approximate surface area is 199 Å². The van der Waals surface area contributed by atoms with Gasteiger partial charge in [-0.25, -0.2) is 0 Å². The van der Waals surface area contributed by atoms with Crippen molar-refractivity contribution in [2.75, 3.05) is 0 Å². The van der Waals surface area contributed by atoms with Gasteiger partial charge in [0.05, 0.1) is 0 Å². The van der Waals surface area contributed by atoms with Gasteiger partial charge in [0.15, 0.2) is 0 Å². The Morgan fingerprint density at radius 2 is 1.12 bits per heavy atom. The maximum absolute atomic E-state index is 3.40. The molecule has 3 aromatic rings. The van der Waals surface area contributed by atoms with Crippen LogP contribution in [0.2, 0.25) is 0 Å². The first kappa shape index (κ1) is 30.0. The largest absolute Gasteiger partial charge is 0.365 e. The molecule has 32 heavy (non-hydrogen) atoms. The number of unbranched alkanes of at least 4 members (excludes halogenated alkanes) is 6. The number of aromatic nitrogens is 2. The van der Waals surface area contributed by atoms with Gasteiger partial charge in [0.2, 0.25) is 0 Å². The highest BCUT2D eigenvalue weighted by atomic mass is 14.7. The van der Waals surface area contributed by atoms with Crippen molar-refractivity contribution in [3.8, 4) is 0 Å². The van der Waals surface area contributed by atoms with Gasteiger partial charge < -0.3 is 9.97 Å². The molecule has 2 heterocycles. The van der Waals surface area contributed by atoms with Crippen molar-refractivity contribution in [3.05, 3.63) is 60.0 Å². The third-order valence-electron chi connectivity index (χ3n) is 5.33. The number of hydrogen-bond acceptors (Lipinski definition) is 0. The second-order valence-corrected chi connectivity index (χ2v) is 9.16. The summed E-state index contributed by atoms with van der Waals surface area (Å²) in [4.78, 5) is 6.53. The fraction of sp³-hybridized carbons (Fsp3) is 0.600. The van der Waals surface area contributed by atoms with Crippen LogP contribution in [0.25, 0.3) is 10.9 Å². The lowest BCUT2D eigenvalue weighted by Gasteiger charge is -1.97. The number of aromatic amines is 2. The number of hydrogen-bond donors (Lipinski definition) is 2. The number of benzene rings is 1. The molecule has 2 N–H and O–H groups in total. The number of nitrogens with one attached hydrogen (secondary N) is 2. The summed E-state index contributed by atoms with van der Waals surface area (Å²) in [5.74, 6) is 1.21. The van der Waals surface area contributed by atoms with Gasteiger partial charge in [-0.15, -0.1) is 0 Å². The summed E-state index contributed by atoms with van der Waals surface area (Å²) >= 11 is 0. The number of H-pyrrole nitrogens is 2. The average Bonchev–Trinajstić information content (AvgIpc) is 3.48. The molecule has 2 heteroatoms. The van der Waals surface area contributed by atoms with Crippen LogP contribution >= 0.6 is 0 Å². The molecule has 0 amide bonds. The van der Waals surface area contributed by atoms with E-state index in [9.17, 15) is 0 Å². The lowest BCUT2D eigenvalue weighted by atomic mass is 10.1. The molecule has 0 aliphatic heterocycles. The predicted octanol–water partition coefficient (Wildman–Crippen LogP) is 10.6. The fourth-order valence-electron chi connectivity index (χ4n) is 3.11. The van der Waals surface area contributed by atoms with Crippen LogP contribution in [0.15, 0.2) is 48.7 Å². The van der Waals surface area contributed by atoms with E-state index in [1.54, 1.807) is 0 Å². The normalized spacial score (nSPS) is 10.2. The van der Waals surface area contributed by atoms with Crippen molar-refractivity contribution in [2.45, 2.75) is 119 Å². The summed E-state index contributed by atoms with van der Waals surface area (Å²) in [5, 5.41) is 1.31. The Kier molecular flexibility index (Phi) is 18.5. The van der Waals surface area contributed by atoms with Crippen molar-refractivity contribution in [2.24, 2.45) is 0 Å². The molecule has 0 aliphatic carbocycles. The Morgan fingerprint density at radius 1 is 0.625 bits per heavy atom. The molecule has 0 radical (unpaired) electrons. The second-order valence-electron chi connectivity index (χ2n) is 9.16. The Bertz CT molecular complexity index is 701. The fourth-order valence-corrected chi connectivity index (χ4v) is 3.11. The molecule has 2 nitrogen and oxygen atoms in total. The minimum Gasteiger partial charge on any atom is -0.365 e. The van der Waals surface area contributed by atoms with E-state index in [1.807, 2.05) is 12.3 Å². The lowest BCUT2D eigenvalue weighted by molar-refractivity contribution is 0.702. The lowest BCUT2D eigenvalue weighted by Crippen LogP contribution is -1.84. The standard InChI is InChI=1S/C11H13N.C7H11N.2C6H14/c1-8(2)11-7-9-5-3-4-6-10(9)12-11;1-6(2)7-4-3-5-8-7;2*1-3-5-6-4-2/h3-8,12H,1-2H3;3-6,8H,1-2H3;2*3-6H2,1-2H3. The minimum atomic E-state index is 0.581. The molecule has 3 rings (SSSR count). The van der Waals surface area contributed by atoms with Crippen molar-refractivity contribution in [1.29, 1.82) is 0 Å². The van der Waals surface area contributed by atoms with E-state index in [4.69, 9.17) is 0 Å². The SMILES string of the molecule is CC(C)c1cc2ccccc2[nH]1.CC(C)c1ccc[nH]1.CCCCCC.CCCCCC. The molecular formula is C30H52N2. The molecule has 182 valence electrons. The van der Waals surface area contributed by atoms with Crippen LogP contribution in [-0.4, -0.2) is 9.97 Å². The molecule has 2 aromatic heterocycles. The van der Waals surface area contributed by atoms with Crippen molar-refractivity contribution < 1.29 is 0 Å². The van der Waals surface area contributed by atoms with Crippen LogP contribution in [0.3, 0.4) is 0 Å². The number of fused-ring (bicyclic) bond motifs is 1. The van der Waals surface area contributed by atoms with Crippen LogP contribution < -0.4 is 0 Å². The van der Waals surface area contributed by atoms with Crippen LogP contribution in [0, 0.1) is 0 Å². The van der Waals surface area contributed by atoms with E-state index < -0.39 is 0 Å². The highest BCUT2D eigenvalue weighted by molar-refractivity contribution is 5.80. The van der Waals surface area contributed by atoms with Crippen molar-refractivity contribution in [1.82, 2.24) is 9.97 Å². The van der Waals surface area contributed by atoms with E-state index in [0.717, 1.165) is 0 Å². The highest BCUT2D eigenvalue weighted by Gasteiger charge is 2.02. The van der Waals surface area contributed by atoms with Gasteiger partial charge in [-0.2, -0.15) is 0 Å². The summed E-state index contributed by atoms with van der Waals surface area (Å²) in [6.45, 7) is 17.7. The van der Waals surface area contributed by atoms with Crippen LogP contribution in [-0.2, 0) is 0 Å². The maximum Gasteiger partial charge on any atom is 0.0456 e. The molecule has 0 aliphatic rings. The number of para-hydroxylation sites is 1. The second kappa shape index (κ2) is 19.7. The van der Waals surface area contributed by atoms with Gasteiger partial charge in [-0.1, -0.05) is 125 Å². The Hall–Kier alpha value is -1.96. The monoisotopic (exact) mass is 440 g/mol. The summed E-state index contributed by atoms with van der Waals surface area (Å²) in [7, 11) is 0. The molecule has 1 aromatic carbocycles. The minimum absolute atomic E-state index is 0.581. The Balaban J connectivity index is 0.000000424. The number of rotatable bonds is 8. The highest BCUT2D eigenvalue weighted by Crippen LogP contribution is 2.20. The zero-order valence-corrected chi connectivity index (χ0v) is 22.4. The smallest absolute Gasteiger partial charge is 0.0456 e. The van der Waals surface area contributed by atoms with Crippen molar-refractivity contribution >= 4 is 10.9 Å². The quantitative estimate of drug-likeness (QED) is 0.326. The first-order valence-corrected chi connectivity index (χ1v) is 13.1. The molecule has 0 spiro atoms. The van der Waals surface area contributed by atoms with E-state index in [-0.39, 0.29) is 0 Å². The van der Waals surface area contributed by atoms with Gasteiger partial charge in [0, 0.05) is 23.1 Å². The average molecular weight is 441 g/mol. The van der Waals surface area contributed by atoms with Crippen LogP contribution in [0.4, 0.5) is 0 Å². The summed E-state index contributed by atoms with van der Waals surface area (Å²) < 4.78 is 0. The van der Waals surface area contributed by atoms with Crippen LogP contribution in [0.5, 0.6) is 0 Å². The van der Waals surface area contributed by atoms with Gasteiger partial charge in [0.1, 0.15) is 0 Å². The molecule has 0 bridgehead atoms. The first-order chi connectivity index (χ1) is 15.4. The third kappa shape index (κ3) is 14.2. The summed E-state index contributed by atoms with van der Waals surface area (Å²) in [6.07, 6.45) is 13.0. The van der Waals surface area contributed by atoms with E-state index >= 15 is 0 Å². The third-order valence-corrected chi connectivity index (χ3v) is 5.33. The molecule has 0 atom stereocenters. The molecule has 0 fully saturated rings. The molecule has 0 unspecified atom stereocenters. The first-order valence-electron chi connectivity index (χ1n) is 13.1. The van der Waals surface area contributed by atoms with Gasteiger partial charge in [-0.3, -0.25) is 0 Å². The topological polar surface area (TPSA) is 31.6 Å². The molecule has 0 saturated carbocycles. The van der Waals surface area contributed by atoms with E-state index in [2.05, 4.69) is 102 Å². The van der Waals surface area contributed by atoms with Crippen LogP contribution in [0.1, 0.15) is 130 Å². The van der Waals surface area contributed by atoms with Gasteiger partial charge in [0.25, 0.3) is 0 Å². The molecule has 0 saturated heterocycles. The maximum atomic E-state index is 3.40. The summed E-state index contributed by atoms with van der Waals surface area (Å²) in [6, 6.07) is 14.7. The Morgan fingerprint density at radius 3 is 1.47 bits per heavy atom.